The van der Waals surface area contributed by atoms with Gasteiger partial charge in [-0.15, -0.1) is 0 Å². The lowest BCUT2D eigenvalue weighted by Gasteiger charge is -2.24. The summed E-state index contributed by atoms with van der Waals surface area (Å²) in [4.78, 5) is 68.9. The zero-order valence-electron chi connectivity index (χ0n) is 21.8. The molecule has 0 aromatic rings. The Morgan fingerprint density at radius 2 is 1.21 bits per heavy atom. The van der Waals surface area contributed by atoms with Crippen molar-refractivity contribution in [1.29, 1.82) is 0 Å². The van der Waals surface area contributed by atoms with Gasteiger partial charge in [-0.2, -0.15) is 11.8 Å². The number of nitrogens with one attached hydrogen (secondary N) is 3. The van der Waals surface area contributed by atoms with Crippen LogP contribution in [-0.2, 0) is 24.0 Å². The highest BCUT2D eigenvalue weighted by Crippen LogP contribution is 2.06. The number of hydrogen-bond acceptors (Lipinski definition) is 9. The molecule has 0 saturated heterocycles. The van der Waals surface area contributed by atoms with Gasteiger partial charge in [-0.25, -0.2) is 4.79 Å². The number of guanidine groups is 2. The lowest BCUT2D eigenvalue weighted by atomic mass is 10.1. The second kappa shape index (κ2) is 19.3. The van der Waals surface area contributed by atoms with Crippen LogP contribution >= 0.6 is 11.8 Å². The average Bonchev–Trinajstić information content (AvgIpc) is 2.84. The van der Waals surface area contributed by atoms with Gasteiger partial charge in [-0.05, 0) is 44.1 Å². The summed E-state index contributed by atoms with van der Waals surface area (Å²) in [6.45, 7) is 0.235. The van der Waals surface area contributed by atoms with E-state index in [0.29, 0.717) is 12.2 Å². The van der Waals surface area contributed by atoms with Gasteiger partial charge in [0.2, 0.25) is 17.7 Å². The molecule has 0 heterocycles. The van der Waals surface area contributed by atoms with E-state index in [1.165, 1.54) is 11.8 Å². The third-order valence-corrected chi connectivity index (χ3v) is 5.76. The van der Waals surface area contributed by atoms with E-state index in [-0.39, 0.29) is 50.7 Å². The quantitative estimate of drug-likeness (QED) is 0.0378. The van der Waals surface area contributed by atoms with Crippen LogP contribution in [0.3, 0.4) is 0 Å². The van der Waals surface area contributed by atoms with E-state index >= 15 is 0 Å². The van der Waals surface area contributed by atoms with E-state index in [1.54, 1.807) is 0 Å². The number of carboxylic acids is 2. The standard InChI is InChI=1S/C21H40N10O7S/c1-39-9-6-11(22)16(34)31-14(10-15(32)33)18(36)29-12(4-2-7-27-20(23)24)17(35)30-13(19(37)38)5-3-8-28-21(25)26/h11-14H,2-10,22H2,1H3,(H,29,36)(H,30,35)(H,31,34)(H,32,33)(H,37,38)(H4,23,24,27)(H4,25,26,28). The molecule has 4 unspecified atom stereocenters. The predicted molar refractivity (Wildman–Crippen MR) is 146 cm³/mol. The summed E-state index contributed by atoms with van der Waals surface area (Å²) in [5, 5.41) is 25.8. The molecular formula is C21H40N10O7S. The largest absolute Gasteiger partial charge is 0.481 e. The maximum atomic E-state index is 13.0. The van der Waals surface area contributed by atoms with Crippen LogP contribution in [-0.4, -0.2) is 101 Å². The molecule has 222 valence electrons. The van der Waals surface area contributed by atoms with Crippen LogP contribution in [0.1, 0.15) is 38.5 Å². The lowest BCUT2D eigenvalue weighted by molar-refractivity contribution is -0.143. The van der Waals surface area contributed by atoms with Crippen LogP contribution < -0.4 is 44.6 Å². The van der Waals surface area contributed by atoms with Gasteiger partial charge < -0.3 is 54.8 Å². The summed E-state index contributed by atoms with van der Waals surface area (Å²) >= 11 is 1.46. The van der Waals surface area contributed by atoms with Crippen LogP contribution in [0.5, 0.6) is 0 Å². The number of rotatable bonds is 20. The molecule has 0 saturated carbocycles. The summed E-state index contributed by atoms with van der Waals surface area (Å²) in [5.41, 5.74) is 26.9. The molecule has 0 rings (SSSR count). The first-order valence-electron chi connectivity index (χ1n) is 12.0. The van der Waals surface area contributed by atoms with Crippen molar-refractivity contribution in [3.05, 3.63) is 0 Å². The summed E-state index contributed by atoms with van der Waals surface area (Å²) in [7, 11) is 0. The average molecular weight is 577 g/mol. The van der Waals surface area contributed by atoms with E-state index < -0.39 is 60.2 Å². The number of carbonyl (C=O) groups excluding carboxylic acids is 3. The first-order valence-corrected chi connectivity index (χ1v) is 13.4. The number of thioether (sulfide) groups is 1. The zero-order chi connectivity index (χ0) is 30.0. The van der Waals surface area contributed by atoms with Crippen molar-refractivity contribution in [3.63, 3.8) is 0 Å². The third-order valence-electron chi connectivity index (χ3n) is 5.12. The smallest absolute Gasteiger partial charge is 0.326 e. The lowest BCUT2D eigenvalue weighted by Crippen LogP contribution is -2.57. The second-order valence-corrected chi connectivity index (χ2v) is 9.39. The van der Waals surface area contributed by atoms with Gasteiger partial charge in [0.1, 0.15) is 18.1 Å². The van der Waals surface area contributed by atoms with Crippen LogP contribution in [0.2, 0.25) is 0 Å². The molecule has 15 N–H and O–H groups in total. The molecule has 39 heavy (non-hydrogen) atoms. The first-order chi connectivity index (χ1) is 18.3. The van der Waals surface area contributed by atoms with Gasteiger partial charge in [0.15, 0.2) is 11.9 Å². The number of aliphatic imine (C=N–C) groups is 2. The molecule has 17 nitrogen and oxygen atoms in total. The molecule has 4 atom stereocenters. The Bertz CT molecular complexity index is 894. The SMILES string of the molecule is CSCCC(N)C(=O)NC(CC(=O)O)C(=O)NC(CCCN=C(N)N)C(=O)NC(CCCN=C(N)N)C(=O)O. The second-order valence-electron chi connectivity index (χ2n) is 8.41. The van der Waals surface area contributed by atoms with Crippen molar-refractivity contribution in [2.75, 3.05) is 25.1 Å². The zero-order valence-corrected chi connectivity index (χ0v) is 22.6. The van der Waals surface area contributed by atoms with Crippen molar-refractivity contribution in [2.45, 2.75) is 62.7 Å². The Morgan fingerprint density at radius 1 is 0.744 bits per heavy atom. The highest BCUT2D eigenvalue weighted by Gasteiger charge is 2.31. The van der Waals surface area contributed by atoms with Gasteiger partial charge >= 0.3 is 11.9 Å². The molecular weight excluding hydrogens is 536 g/mol. The fourth-order valence-corrected chi connectivity index (χ4v) is 3.61. The predicted octanol–water partition coefficient (Wildman–Crippen LogP) is -3.81. The summed E-state index contributed by atoms with van der Waals surface area (Å²) in [5.74, 6) is -5.03. The van der Waals surface area contributed by atoms with E-state index in [9.17, 15) is 34.2 Å². The molecule has 18 heteroatoms. The van der Waals surface area contributed by atoms with Gasteiger partial charge in [0.05, 0.1) is 12.5 Å². The van der Waals surface area contributed by atoms with Crippen molar-refractivity contribution in [3.8, 4) is 0 Å². The minimum atomic E-state index is -1.54. The summed E-state index contributed by atoms with van der Waals surface area (Å²) < 4.78 is 0. The number of hydrogen-bond donors (Lipinski definition) is 10. The number of nitrogens with two attached hydrogens (primary N) is 5. The Labute approximate surface area is 230 Å². The Kier molecular flexibility index (Phi) is 17.4. The highest BCUT2D eigenvalue weighted by atomic mass is 32.2. The Hall–Kier alpha value is -3.80. The molecule has 0 aliphatic heterocycles. The number of carbonyl (C=O) groups is 5. The number of amides is 3. The molecule has 0 aromatic heterocycles. The molecule has 0 aliphatic rings. The Balaban J connectivity index is 5.63. The maximum absolute atomic E-state index is 13.0. The maximum Gasteiger partial charge on any atom is 0.326 e. The molecule has 0 spiro atoms. The monoisotopic (exact) mass is 576 g/mol. The van der Waals surface area contributed by atoms with Crippen molar-refractivity contribution < 1.29 is 34.2 Å². The number of nitrogens with zero attached hydrogens (tertiary/aromatic N) is 2. The third kappa shape index (κ3) is 16.6. The fraction of sp³-hybridized carbons (Fsp3) is 0.667. The van der Waals surface area contributed by atoms with E-state index in [4.69, 9.17) is 28.7 Å². The van der Waals surface area contributed by atoms with Gasteiger partial charge in [-0.3, -0.25) is 29.2 Å². The first kappa shape index (κ1) is 35.2. The van der Waals surface area contributed by atoms with Crippen molar-refractivity contribution in [2.24, 2.45) is 38.7 Å². The molecule has 0 radical (unpaired) electrons. The fourth-order valence-electron chi connectivity index (χ4n) is 3.12. The van der Waals surface area contributed by atoms with Crippen LogP contribution in [0.15, 0.2) is 9.98 Å². The summed E-state index contributed by atoms with van der Waals surface area (Å²) in [6, 6.07) is -5.15. The molecule has 3 amide bonds. The van der Waals surface area contributed by atoms with Crippen molar-refractivity contribution >= 4 is 53.3 Å². The van der Waals surface area contributed by atoms with Gasteiger partial charge in [-0.1, -0.05) is 0 Å². The molecule has 0 fully saturated rings. The minimum Gasteiger partial charge on any atom is -0.481 e. The Morgan fingerprint density at radius 3 is 1.67 bits per heavy atom. The van der Waals surface area contributed by atoms with Gasteiger partial charge in [0.25, 0.3) is 0 Å². The number of aliphatic carboxylic acids is 2. The topological polar surface area (TPSA) is 317 Å². The molecule has 0 aliphatic carbocycles. The molecule has 0 bridgehead atoms. The van der Waals surface area contributed by atoms with Crippen molar-refractivity contribution in [1.82, 2.24) is 16.0 Å². The van der Waals surface area contributed by atoms with Crippen LogP contribution in [0.25, 0.3) is 0 Å². The minimum absolute atomic E-state index is 0.0157. The van der Waals surface area contributed by atoms with Crippen LogP contribution in [0, 0.1) is 0 Å². The normalized spacial score (nSPS) is 13.6. The van der Waals surface area contributed by atoms with Gasteiger partial charge in [0, 0.05) is 13.1 Å². The molecule has 0 aromatic carbocycles. The number of carboxylic acid groups (broad SMARTS) is 2. The summed E-state index contributed by atoms with van der Waals surface area (Å²) in [6.07, 6.45) is 1.73. The van der Waals surface area contributed by atoms with E-state index in [1.807, 2.05) is 6.26 Å². The van der Waals surface area contributed by atoms with E-state index in [0.717, 1.165) is 0 Å². The van der Waals surface area contributed by atoms with Crippen LogP contribution in [0.4, 0.5) is 0 Å². The highest BCUT2D eigenvalue weighted by molar-refractivity contribution is 7.98. The van der Waals surface area contributed by atoms with E-state index in [2.05, 4.69) is 25.9 Å².